The largest absolute Gasteiger partial charge is 0.353 e. The van der Waals surface area contributed by atoms with E-state index in [1.165, 1.54) is 11.3 Å². The number of nitrogens with zero attached hydrogens (tertiary/aromatic N) is 4. The first-order valence-corrected chi connectivity index (χ1v) is 13.3. The van der Waals surface area contributed by atoms with E-state index >= 15 is 0 Å². The molecule has 2 aliphatic heterocycles. The molecule has 5 rings (SSSR count). The molecule has 3 atom stereocenters. The van der Waals surface area contributed by atoms with Gasteiger partial charge >= 0.3 is 0 Å². The van der Waals surface area contributed by atoms with Crippen molar-refractivity contribution in [3.05, 3.63) is 38.4 Å². The van der Waals surface area contributed by atoms with E-state index in [9.17, 15) is 4.79 Å². The Labute approximate surface area is 202 Å². The van der Waals surface area contributed by atoms with Crippen molar-refractivity contribution in [2.45, 2.75) is 69.9 Å². The van der Waals surface area contributed by atoms with E-state index in [1.54, 1.807) is 17.7 Å². The van der Waals surface area contributed by atoms with Crippen molar-refractivity contribution in [2.75, 3.05) is 31.1 Å². The number of piperazine rings is 1. The van der Waals surface area contributed by atoms with Crippen molar-refractivity contribution < 1.29 is 4.79 Å². The number of aryl methyl sites for hydroxylation is 1. The first kappa shape index (κ1) is 22.3. The number of carbonyl (C=O) groups is 1. The lowest BCUT2D eigenvalue weighted by molar-refractivity contribution is -0.133. The molecule has 3 aliphatic rings. The number of carbonyl (C=O) groups excluding carboxylic acids is 1. The zero-order valence-electron chi connectivity index (χ0n) is 19.1. The number of hydrogen-bond acceptors (Lipinski definition) is 6. The van der Waals surface area contributed by atoms with E-state index in [4.69, 9.17) is 0 Å². The van der Waals surface area contributed by atoms with E-state index in [0.717, 1.165) is 66.3 Å². The molecule has 2 saturated heterocycles. The SMILES string of the molecule is C[C@@H]1CCc2ncnc(N3CCN(C(=O)[C@@H](c4ccc(Br)s4)[C@@H]4CCC(C)(C)N4)CC3)c21. The van der Waals surface area contributed by atoms with Crippen molar-refractivity contribution in [2.24, 2.45) is 0 Å². The van der Waals surface area contributed by atoms with Crippen LogP contribution in [0.15, 0.2) is 22.2 Å². The maximum atomic E-state index is 13.8. The summed E-state index contributed by atoms with van der Waals surface area (Å²) in [6, 6.07) is 4.37. The van der Waals surface area contributed by atoms with Crippen LogP contribution in [0.4, 0.5) is 5.82 Å². The Morgan fingerprint density at radius 2 is 2.00 bits per heavy atom. The molecule has 0 aromatic carbocycles. The number of nitrogens with one attached hydrogen (secondary N) is 1. The topological polar surface area (TPSA) is 61.4 Å². The van der Waals surface area contributed by atoms with E-state index in [-0.39, 0.29) is 23.4 Å². The highest BCUT2D eigenvalue weighted by Crippen LogP contribution is 2.39. The number of rotatable bonds is 4. The Kier molecular flexibility index (Phi) is 6.05. The number of amides is 1. The first-order chi connectivity index (χ1) is 15.3. The van der Waals surface area contributed by atoms with Crippen LogP contribution in [0.3, 0.4) is 0 Å². The second-order valence-electron chi connectivity index (χ2n) is 10.1. The quantitative estimate of drug-likeness (QED) is 0.654. The van der Waals surface area contributed by atoms with Gasteiger partial charge in [0.15, 0.2) is 0 Å². The Morgan fingerprint density at radius 3 is 2.66 bits per heavy atom. The Balaban J connectivity index is 1.32. The lowest BCUT2D eigenvalue weighted by atomic mass is 9.94. The predicted molar refractivity (Wildman–Crippen MR) is 133 cm³/mol. The molecule has 6 nitrogen and oxygen atoms in total. The summed E-state index contributed by atoms with van der Waals surface area (Å²) in [4.78, 5) is 28.6. The van der Waals surface area contributed by atoms with Gasteiger partial charge in [0.2, 0.25) is 5.91 Å². The number of aromatic nitrogens is 2. The Hall–Kier alpha value is -1.51. The van der Waals surface area contributed by atoms with Crippen LogP contribution in [-0.2, 0) is 11.2 Å². The number of fused-ring (bicyclic) bond motifs is 1. The first-order valence-electron chi connectivity index (χ1n) is 11.7. The summed E-state index contributed by atoms with van der Waals surface area (Å²) in [6.07, 6.45) is 6.04. The number of anilines is 1. The monoisotopic (exact) mass is 517 g/mol. The average Bonchev–Trinajstić information content (AvgIpc) is 3.47. The molecule has 1 N–H and O–H groups in total. The van der Waals surface area contributed by atoms with Crippen molar-refractivity contribution >= 4 is 39.0 Å². The summed E-state index contributed by atoms with van der Waals surface area (Å²) in [7, 11) is 0. The van der Waals surface area contributed by atoms with Crippen LogP contribution in [0.25, 0.3) is 0 Å². The summed E-state index contributed by atoms with van der Waals surface area (Å²) in [5, 5.41) is 3.74. The third-order valence-corrected chi connectivity index (χ3v) is 9.08. The highest BCUT2D eigenvalue weighted by molar-refractivity contribution is 9.11. The van der Waals surface area contributed by atoms with Gasteiger partial charge in [-0.2, -0.15) is 0 Å². The molecule has 2 fully saturated rings. The van der Waals surface area contributed by atoms with Crippen molar-refractivity contribution in [3.8, 4) is 0 Å². The third-order valence-electron chi connectivity index (χ3n) is 7.37. The Bertz CT molecular complexity index is 1000. The molecule has 0 unspecified atom stereocenters. The molecule has 0 bridgehead atoms. The fourth-order valence-electron chi connectivity index (χ4n) is 5.61. The van der Waals surface area contributed by atoms with E-state index in [1.807, 2.05) is 0 Å². The zero-order chi connectivity index (χ0) is 22.5. The maximum absolute atomic E-state index is 13.8. The molecule has 32 heavy (non-hydrogen) atoms. The summed E-state index contributed by atoms with van der Waals surface area (Å²) in [6.45, 7) is 9.88. The molecule has 0 spiro atoms. The van der Waals surface area contributed by atoms with Gasteiger partial charge in [0.25, 0.3) is 0 Å². The van der Waals surface area contributed by atoms with Gasteiger partial charge in [-0.15, -0.1) is 11.3 Å². The molecule has 8 heteroatoms. The van der Waals surface area contributed by atoms with Crippen LogP contribution in [0.1, 0.15) is 68.0 Å². The minimum absolute atomic E-state index is 0.0838. The number of halogens is 1. The van der Waals surface area contributed by atoms with Crippen LogP contribution in [-0.4, -0.2) is 58.5 Å². The van der Waals surface area contributed by atoms with E-state index in [2.05, 4.69) is 73.9 Å². The zero-order valence-corrected chi connectivity index (χ0v) is 21.5. The molecule has 2 aromatic rings. The van der Waals surface area contributed by atoms with Crippen LogP contribution < -0.4 is 10.2 Å². The molecular formula is C24H32BrN5OS. The average molecular weight is 519 g/mol. The fraction of sp³-hybridized carbons (Fsp3) is 0.625. The van der Waals surface area contributed by atoms with Crippen molar-refractivity contribution in [1.29, 1.82) is 0 Å². The highest BCUT2D eigenvalue weighted by atomic mass is 79.9. The summed E-state index contributed by atoms with van der Waals surface area (Å²) in [5.74, 6) is 1.74. The normalized spacial score (nSPS) is 25.8. The second kappa shape index (κ2) is 8.69. The molecule has 1 aliphatic carbocycles. The minimum Gasteiger partial charge on any atom is -0.353 e. The smallest absolute Gasteiger partial charge is 0.232 e. The second-order valence-corrected chi connectivity index (χ2v) is 12.6. The van der Waals surface area contributed by atoms with E-state index < -0.39 is 0 Å². The van der Waals surface area contributed by atoms with Gasteiger partial charge in [0.05, 0.1) is 9.70 Å². The predicted octanol–water partition coefficient (Wildman–Crippen LogP) is 4.31. The standard InChI is InChI=1S/C24H32BrN5OS/c1-15-4-5-16-20(15)22(27-14-26-16)29-10-12-30(13-11-29)23(31)21(18-6-7-19(25)32-18)17-8-9-24(2,3)28-17/h6-7,14-15,17,21,28H,4-5,8-13H2,1-3H3/t15-,17+,21-/m1/s1. The summed E-state index contributed by atoms with van der Waals surface area (Å²) in [5.41, 5.74) is 2.62. The van der Waals surface area contributed by atoms with Gasteiger partial charge in [-0.25, -0.2) is 9.97 Å². The van der Waals surface area contributed by atoms with Gasteiger partial charge < -0.3 is 15.1 Å². The molecular weight excluding hydrogens is 486 g/mol. The summed E-state index contributed by atoms with van der Waals surface area (Å²) < 4.78 is 1.08. The molecule has 0 saturated carbocycles. The molecule has 0 radical (unpaired) electrons. The van der Waals surface area contributed by atoms with Gasteiger partial charge in [-0.3, -0.25) is 4.79 Å². The minimum atomic E-state index is -0.122. The van der Waals surface area contributed by atoms with Gasteiger partial charge in [-0.05, 0) is 73.5 Å². The maximum Gasteiger partial charge on any atom is 0.232 e. The number of thiophene rings is 1. The number of hydrogen-bond donors (Lipinski definition) is 1. The van der Waals surface area contributed by atoms with Crippen molar-refractivity contribution in [3.63, 3.8) is 0 Å². The lowest BCUT2D eigenvalue weighted by Gasteiger charge is -2.38. The molecule has 172 valence electrons. The van der Waals surface area contributed by atoms with Gasteiger partial charge in [0.1, 0.15) is 12.1 Å². The third kappa shape index (κ3) is 4.21. The van der Waals surface area contributed by atoms with Crippen LogP contribution in [0.2, 0.25) is 0 Å². The van der Waals surface area contributed by atoms with Crippen molar-refractivity contribution in [1.82, 2.24) is 20.2 Å². The van der Waals surface area contributed by atoms with Crippen LogP contribution in [0.5, 0.6) is 0 Å². The summed E-state index contributed by atoms with van der Waals surface area (Å²) >= 11 is 5.28. The molecule has 1 amide bonds. The lowest BCUT2D eigenvalue weighted by Crippen LogP contribution is -2.53. The van der Waals surface area contributed by atoms with Gasteiger partial charge in [-0.1, -0.05) is 6.92 Å². The van der Waals surface area contributed by atoms with E-state index in [0.29, 0.717) is 5.92 Å². The molecule has 4 heterocycles. The Morgan fingerprint density at radius 1 is 1.22 bits per heavy atom. The van der Waals surface area contributed by atoms with Crippen LogP contribution in [0, 0.1) is 0 Å². The highest BCUT2D eigenvalue weighted by Gasteiger charge is 2.41. The fourth-order valence-corrected chi connectivity index (χ4v) is 7.19. The van der Waals surface area contributed by atoms with Gasteiger partial charge in [0, 0.05) is 53.9 Å². The molecule has 2 aromatic heterocycles. The van der Waals surface area contributed by atoms with Crippen LogP contribution >= 0.6 is 27.3 Å².